The van der Waals surface area contributed by atoms with E-state index in [1.54, 1.807) is 32.7 Å². The van der Waals surface area contributed by atoms with Crippen molar-refractivity contribution in [2.45, 2.75) is 41.5 Å². The summed E-state index contributed by atoms with van der Waals surface area (Å²) < 4.78 is 3.81. The van der Waals surface area contributed by atoms with Crippen LogP contribution in [0.3, 0.4) is 0 Å². The molecule has 0 bridgehead atoms. The van der Waals surface area contributed by atoms with Crippen LogP contribution in [-0.4, -0.2) is 20.5 Å². The van der Waals surface area contributed by atoms with Gasteiger partial charge in [0.25, 0.3) is 0 Å². The van der Waals surface area contributed by atoms with Crippen molar-refractivity contribution in [1.82, 2.24) is 0 Å². The Morgan fingerprint density at radius 2 is 1.11 bits per heavy atom. The summed E-state index contributed by atoms with van der Waals surface area (Å²) in [6.07, 6.45) is 0. The van der Waals surface area contributed by atoms with E-state index in [2.05, 4.69) is 41.5 Å². The summed E-state index contributed by atoms with van der Waals surface area (Å²) in [5.41, 5.74) is 6.59. The van der Waals surface area contributed by atoms with Crippen molar-refractivity contribution in [3.63, 3.8) is 0 Å². The van der Waals surface area contributed by atoms with E-state index in [4.69, 9.17) is 0 Å². The van der Waals surface area contributed by atoms with E-state index in [-0.39, 0.29) is 2.85 Å². The summed E-state index contributed by atoms with van der Waals surface area (Å²) in [7, 11) is 2.49. The van der Waals surface area contributed by atoms with Crippen LogP contribution in [0.2, 0.25) is 0 Å². The Bertz CT molecular complexity index is 521. The van der Waals surface area contributed by atoms with E-state index in [1.165, 1.54) is 20.5 Å². The van der Waals surface area contributed by atoms with Crippen LogP contribution < -0.4 is 0 Å². The van der Waals surface area contributed by atoms with Gasteiger partial charge in [0.2, 0.25) is 0 Å². The van der Waals surface area contributed by atoms with Gasteiger partial charge in [0, 0.05) is 0 Å². The maximum absolute atomic E-state index is 2.44. The molecule has 0 spiro atoms. The Hall–Kier alpha value is 0.277. The Morgan fingerprint density at radius 3 is 1.32 bits per heavy atom. The Kier molecular flexibility index (Phi) is 4.60. The summed E-state index contributed by atoms with van der Waals surface area (Å²) >= 11 is -0.532. The molecule has 0 amide bonds. The second kappa shape index (κ2) is 5.58. The van der Waals surface area contributed by atoms with Gasteiger partial charge in [-0.1, -0.05) is 0 Å². The number of hydrogen-bond acceptors (Lipinski definition) is 0. The monoisotopic (exact) mass is 366 g/mol. The molecule has 0 N–H and O–H groups in total. The molecule has 2 rings (SSSR count). The second-order valence-corrected chi connectivity index (χ2v) is 11.5. The van der Waals surface area contributed by atoms with Crippen LogP contribution in [0.4, 0.5) is 0 Å². The minimum atomic E-state index is -0.532. The molecule has 2 aliphatic rings. The molecule has 0 nitrogen and oxygen atoms in total. The maximum Gasteiger partial charge on any atom is -1.00 e. The zero-order valence-corrected chi connectivity index (χ0v) is 20.1. The van der Waals surface area contributed by atoms with Crippen molar-refractivity contribution in [2.75, 3.05) is 0 Å². The van der Waals surface area contributed by atoms with Crippen LogP contribution in [0, 0.1) is 11.8 Å². The number of rotatable bonds is 2. The smallest absolute Gasteiger partial charge is 1.00 e. The van der Waals surface area contributed by atoms with Crippen molar-refractivity contribution < 1.29 is 26.1 Å². The van der Waals surface area contributed by atoms with E-state index in [0.29, 0.717) is 0 Å². The fraction of sp³-hybridized carbons (Fsp3) is 0.500. The molecule has 0 radical (unpaired) electrons. The van der Waals surface area contributed by atoms with Gasteiger partial charge in [-0.2, -0.15) is 0 Å². The first-order chi connectivity index (χ1) is 8.77. The first-order valence-corrected chi connectivity index (χ1v) is 11.8. The summed E-state index contributed by atoms with van der Waals surface area (Å²) in [5, 5.41) is 3.54. The molecule has 2 unspecified atom stereocenters. The SMILES string of the molecule is CC1=C(C)C(C)[C]([Zr+2][C]2=C([SiH3])C(C)=C(C)C2C)=C1[SiH3].[H-].[H-]. The van der Waals surface area contributed by atoms with Crippen LogP contribution in [0.25, 0.3) is 0 Å². The molecule has 0 saturated heterocycles. The van der Waals surface area contributed by atoms with Gasteiger partial charge >= 0.3 is 136 Å². The van der Waals surface area contributed by atoms with Gasteiger partial charge in [-0.3, -0.25) is 0 Å². The minimum Gasteiger partial charge on any atom is -1.00 e. The van der Waals surface area contributed by atoms with Gasteiger partial charge in [-0.25, -0.2) is 0 Å². The maximum atomic E-state index is 2.44. The molecule has 3 heteroatoms. The van der Waals surface area contributed by atoms with E-state index in [0.717, 1.165) is 11.8 Å². The molecule has 0 aliphatic heterocycles. The topological polar surface area (TPSA) is 0 Å². The van der Waals surface area contributed by atoms with Crippen LogP contribution in [0.15, 0.2) is 39.2 Å². The first kappa shape index (κ1) is 15.7. The molecule has 0 fully saturated rings. The average molecular weight is 368 g/mol. The molecule has 2 aliphatic carbocycles. The largest absolute Gasteiger partial charge is 1.00 e. The number of allylic oxidation sites excluding steroid dienone is 8. The predicted octanol–water partition coefficient (Wildman–Crippen LogP) is 2.42. The van der Waals surface area contributed by atoms with Gasteiger partial charge in [-0.05, 0) is 0 Å². The summed E-state index contributed by atoms with van der Waals surface area (Å²) in [5.74, 6) is 1.52. The van der Waals surface area contributed by atoms with E-state index >= 15 is 0 Å². The summed E-state index contributed by atoms with van der Waals surface area (Å²) in [6.45, 7) is 14.3. The van der Waals surface area contributed by atoms with E-state index in [1.807, 2.05) is 6.56 Å². The fourth-order valence-corrected chi connectivity index (χ4v) is 11.1. The molecular weight excluding hydrogens is 340 g/mol. The molecular formula is C16H28Si2Zr. The molecule has 0 aromatic heterocycles. The third-order valence-corrected chi connectivity index (χ3v) is 15.9. The Labute approximate surface area is 138 Å². The molecule has 0 saturated carbocycles. The molecule has 104 valence electrons. The van der Waals surface area contributed by atoms with Crippen molar-refractivity contribution in [3.05, 3.63) is 39.2 Å². The zero-order chi connectivity index (χ0) is 14.5. The van der Waals surface area contributed by atoms with Gasteiger partial charge in [0.05, 0.1) is 0 Å². The standard InChI is InChI=1S/2C8H13Si.Zr.2H/c2*1-5-4-8(9)7(3)6(5)2;;;/h2*5H,1-3,9H3;;;/q;;+2;2*-1. The van der Waals surface area contributed by atoms with Crippen molar-refractivity contribution in [2.24, 2.45) is 11.8 Å². The van der Waals surface area contributed by atoms with Crippen molar-refractivity contribution in [1.29, 1.82) is 0 Å². The Morgan fingerprint density at radius 1 is 0.789 bits per heavy atom. The molecule has 0 aromatic rings. The number of hydrogen-bond donors (Lipinski definition) is 0. The molecule has 19 heavy (non-hydrogen) atoms. The van der Waals surface area contributed by atoms with Crippen molar-refractivity contribution >= 4 is 20.5 Å². The van der Waals surface area contributed by atoms with Crippen LogP contribution in [-0.2, 0) is 23.2 Å². The normalized spacial score (nSPS) is 28.3. The predicted molar refractivity (Wildman–Crippen MR) is 91.2 cm³/mol. The first-order valence-electron chi connectivity index (χ1n) is 7.31. The summed E-state index contributed by atoms with van der Waals surface area (Å²) in [4.78, 5) is 0. The second-order valence-electron chi connectivity index (χ2n) is 6.26. The van der Waals surface area contributed by atoms with Gasteiger partial charge in [-0.15, -0.1) is 0 Å². The molecule has 0 aromatic carbocycles. The Balaban J connectivity index is 0.00000200. The van der Waals surface area contributed by atoms with Gasteiger partial charge in [0.15, 0.2) is 0 Å². The molecule has 0 heterocycles. The van der Waals surface area contributed by atoms with Crippen LogP contribution >= 0.6 is 0 Å². The third kappa shape index (κ3) is 2.47. The molecule has 2 atom stereocenters. The van der Waals surface area contributed by atoms with Gasteiger partial charge < -0.3 is 2.85 Å². The summed E-state index contributed by atoms with van der Waals surface area (Å²) in [6, 6.07) is 0. The zero-order valence-electron chi connectivity index (χ0n) is 15.7. The van der Waals surface area contributed by atoms with Crippen LogP contribution in [0.5, 0.6) is 0 Å². The van der Waals surface area contributed by atoms with E-state index in [9.17, 15) is 0 Å². The van der Waals surface area contributed by atoms with E-state index < -0.39 is 23.2 Å². The fourth-order valence-electron chi connectivity index (χ4n) is 3.28. The quantitative estimate of drug-likeness (QED) is 0.658. The minimum absolute atomic E-state index is 0. The average Bonchev–Trinajstić information content (AvgIpc) is 2.68. The van der Waals surface area contributed by atoms with Crippen molar-refractivity contribution in [3.8, 4) is 0 Å². The third-order valence-electron chi connectivity index (χ3n) is 5.55. The van der Waals surface area contributed by atoms with Crippen LogP contribution in [0.1, 0.15) is 44.4 Å². The van der Waals surface area contributed by atoms with Gasteiger partial charge in [0.1, 0.15) is 0 Å².